The van der Waals surface area contributed by atoms with Crippen molar-refractivity contribution in [2.75, 3.05) is 12.3 Å². The highest BCUT2D eigenvalue weighted by molar-refractivity contribution is 9.10. The maximum atomic E-state index is 13.4. The highest BCUT2D eigenvalue weighted by Gasteiger charge is 2.19. The molecule has 6 nitrogen and oxygen atoms in total. The Morgan fingerprint density at radius 2 is 1.89 bits per heavy atom. The van der Waals surface area contributed by atoms with Crippen LogP contribution >= 0.6 is 15.9 Å². The molecule has 3 N–H and O–H groups in total. The van der Waals surface area contributed by atoms with Gasteiger partial charge in [-0.2, -0.15) is 0 Å². The minimum atomic E-state index is -4.10. The van der Waals surface area contributed by atoms with Gasteiger partial charge in [0.1, 0.15) is 10.7 Å². The van der Waals surface area contributed by atoms with E-state index < -0.39 is 43.1 Å². The van der Waals surface area contributed by atoms with E-state index in [1.807, 2.05) is 4.72 Å². The molecular weight excluding hydrogens is 351 g/mol. The van der Waals surface area contributed by atoms with E-state index in [0.717, 1.165) is 12.1 Å². The molecule has 0 aliphatic rings. The Balaban J connectivity index is 2.87. The second-order valence-electron chi connectivity index (χ2n) is 3.34. The van der Waals surface area contributed by atoms with Crippen LogP contribution in [0.4, 0.5) is 4.39 Å². The monoisotopic (exact) mass is 360 g/mol. The first-order valence-electron chi connectivity index (χ1n) is 4.57. The van der Waals surface area contributed by atoms with Gasteiger partial charge >= 0.3 is 0 Å². The molecule has 0 bridgehead atoms. The number of nitrogens with two attached hydrogens (primary N) is 1. The van der Waals surface area contributed by atoms with Gasteiger partial charge in [0.2, 0.25) is 20.0 Å². The van der Waals surface area contributed by atoms with Crippen molar-refractivity contribution >= 4 is 36.0 Å². The van der Waals surface area contributed by atoms with Crippen molar-refractivity contribution < 1.29 is 21.2 Å². The molecule has 1 aromatic rings. The molecule has 102 valence electrons. The zero-order valence-electron chi connectivity index (χ0n) is 8.93. The lowest BCUT2D eigenvalue weighted by Gasteiger charge is -2.07. The third-order valence-corrected chi connectivity index (χ3v) is 4.62. The Morgan fingerprint density at radius 1 is 1.28 bits per heavy atom. The molecule has 1 rings (SSSR count). The van der Waals surface area contributed by atoms with Crippen molar-refractivity contribution in [1.82, 2.24) is 4.72 Å². The number of benzene rings is 1. The summed E-state index contributed by atoms with van der Waals surface area (Å²) in [5.74, 6) is -1.50. The van der Waals surface area contributed by atoms with Crippen molar-refractivity contribution in [2.45, 2.75) is 4.90 Å². The molecule has 0 unspecified atom stereocenters. The quantitative estimate of drug-likeness (QED) is 0.779. The van der Waals surface area contributed by atoms with Crippen molar-refractivity contribution in [3.8, 4) is 0 Å². The zero-order chi connectivity index (χ0) is 14.0. The van der Waals surface area contributed by atoms with Crippen LogP contribution in [0.1, 0.15) is 0 Å². The van der Waals surface area contributed by atoms with E-state index in [9.17, 15) is 21.2 Å². The Labute approximate surface area is 113 Å². The Hall–Kier alpha value is -0.550. The molecular formula is C8H10BrFN2O4S2. The summed E-state index contributed by atoms with van der Waals surface area (Å²) in [6, 6.07) is 3.42. The zero-order valence-corrected chi connectivity index (χ0v) is 12.1. The molecule has 0 aromatic heterocycles. The number of hydrogen-bond donors (Lipinski definition) is 2. The number of primary sulfonamides is 1. The molecule has 18 heavy (non-hydrogen) atoms. The third kappa shape index (κ3) is 4.61. The van der Waals surface area contributed by atoms with Gasteiger partial charge in [-0.05, 0) is 18.2 Å². The maximum absolute atomic E-state index is 13.4. The standard InChI is InChI=1S/C8H10BrFN2O4S2/c9-6-1-2-8(7(10)5-6)18(15,16)12-3-4-17(11,13)14/h1-2,5,12H,3-4H2,(H2,11,13,14). The molecule has 0 heterocycles. The normalized spacial score (nSPS) is 12.6. The van der Waals surface area contributed by atoms with Crippen LogP contribution in [0.5, 0.6) is 0 Å². The van der Waals surface area contributed by atoms with Crippen molar-refractivity contribution in [2.24, 2.45) is 5.14 Å². The first kappa shape index (κ1) is 15.5. The molecule has 0 fully saturated rings. The minimum Gasteiger partial charge on any atom is -0.229 e. The van der Waals surface area contributed by atoms with Crippen LogP contribution in [0.3, 0.4) is 0 Å². The molecule has 0 spiro atoms. The number of rotatable bonds is 5. The summed E-state index contributed by atoms with van der Waals surface area (Å²) in [5.41, 5.74) is 0. The minimum absolute atomic E-state index is 0.392. The molecule has 0 aliphatic carbocycles. The van der Waals surface area contributed by atoms with E-state index in [-0.39, 0.29) is 0 Å². The summed E-state index contributed by atoms with van der Waals surface area (Å²) in [5, 5.41) is 4.71. The van der Waals surface area contributed by atoms with Crippen LogP contribution in [-0.4, -0.2) is 29.1 Å². The highest BCUT2D eigenvalue weighted by atomic mass is 79.9. The summed E-state index contributed by atoms with van der Waals surface area (Å²) in [6.45, 7) is -0.420. The summed E-state index contributed by atoms with van der Waals surface area (Å²) >= 11 is 2.99. The predicted molar refractivity (Wildman–Crippen MR) is 67.3 cm³/mol. The number of nitrogens with one attached hydrogen (secondary N) is 1. The van der Waals surface area contributed by atoms with E-state index in [1.54, 1.807) is 0 Å². The van der Waals surface area contributed by atoms with Gasteiger partial charge in [-0.25, -0.2) is 31.1 Å². The van der Waals surface area contributed by atoms with Crippen molar-refractivity contribution in [3.05, 3.63) is 28.5 Å². The number of halogens is 2. The highest BCUT2D eigenvalue weighted by Crippen LogP contribution is 2.18. The summed E-state index contributed by atoms with van der Waals surface area (Å²) in [6.07, 6.45) is 0. The van der Waals surface area contributed by atoms with Gasteiger partial charge < -0.3 is 0 Å². The summed E-state index contributed by atoms with van der Waals surface area (Å²) < 4.78 is 60.3. The Bertz CT molecular complexity index is 645. The lowest BCUT2D eigenvalue weighted by Crippen LogP contribution is -2.31. The van der Waals surface area contributed by atoms with Crippen LogP contribution in [0, 0.1) is 5.82 Å². The molecule has 0 saturated heterocycles. The topological polar surface area (TPSA) is 106 Å². The molecule has 1 aromatic carbocycles. The van der Waals surface area contributed by atoms with Crippen molar-refractivity contribution in [3.63, 3.8) is 0 Å². The number of hydrogen-bond acceptors (Lipinski definition) is 4. The fourth-order valence-electron chi connectivity index (χ4n) is 1.09. The molecule has 0 radical (unpaired) electrons. The lowest BCUT2D eigenvalue weighted by atomic mass is 10.3. The van der Waals surface area contributed by atoms with E-state index >= 15 is 0 Å². The Morgan fingerprint density at radius 3 is 2.39 bits per heavy atom. The largest absolute Gasteiger partial charge is 0.243 e. The molecule has 10 heteroatoms. The first-order valence-corrected chi connectivity index (χ1v) is 8.56. The van der Waals surface area contributed by atoms with Gasteiger partial charge in [-0.1, -0.05) is 15.9 Å². The van der Waals surface area contributed by atoms with Crippen LogP contribution in [-0.2, 0) is 20.0 Å². The van der Waals surface area contributed by atoms with Crippen LogP contribution in [0.25, 0.3) is 0 Å². The molecule has 0 amide bonds. The van der Waals surface area contributed by atoms with Crippen molar-refractivity contribution in [1.29, 1.82) is 0 Å². The summed E-state index contributed by atoms with van der Waals surface area (Å²) in [7, 11) is -7.87. The van der Waals surface area contributed by atoms with Gasteiger partial charge in [-0.3, -0.25) is 0 Å². The molecule has 0 aliphatic heterocycles. The van der Waals surface area contributed by atoms with E-state index in [4.69, 9.17) is 5.14 Å². The maximum Gasteiger partial charge on any atom is 0.243 e. The van der Waals surface area contributed by atoms with Gasteiger partial charge in [0, 0.05) is 11.0 Å². The Kier molecular flexibility index (Phi) is 4.84. The van der Waals surface area contributed by atoms with Crippen LogP contribution in [0.15, 0.2) is 27.6 Å². The average molecular weight is 361 g/mol. The average Bonchev–Trinajstić information content (AvgIpc) is 2.13. The van der Waals surface area contributed by atoms with Gasteiger partial charge in [-0.15, -0.1) is 0 Å². The fourth-order valence-corrected chi connectivity index (χ4v) is 3.03. The van der Waals surface area contributed by atoms with Crippen LogP contribution in [0.2, 0.25) is 0 Å². The van der Waals surface area contributed by atoms with Gasteiger partial charge in [0.05, 0.1) is 5.75 Å². The first-order chi connectivity index (χ1) is 8.12. The fraction of sp³-hybridized carbons (Fsp3) is 0.250. The van der Waals surface area contributed by atoms with Crippen LogP contribution < -0.4 is 9.86 Å². The van der Waals surface area contributed by atoms with E-state index in [2.05, 4.69) is 15.9 Å². The lowest BCUT2D eigenvalue weighted by molar-refractivity contribution is 0.558. The predicted octanol–water partition coefficient (Wildman–Crippen LogP) is 0.155. The number of sulfonamides is 2. The summed E-state index contributed by atoms with van der Waals surface area (Å²) in [4.78, 5) is -0.555. The van der Waals surface area contributed by atoms with Gasteiger partial charge in [0.25, 0.3) is 0 Å². The van der Waals surface area contributed by atoms with Gasteiger partial charge in [0.15, 0.2) is 0 Å². The SMILES string of the molecule is NS(=O)(=O)CCNS(=O)(=O)c1ccc(Br)cc1F. The second kappa shape index (κ2) is 5.61. The molecule has 0 saturated carbocycles. The molecule has 0 atom stereocenters. The van der Waals surface area contributed by atoms with E-state index in [0.29, 0.717) is 4.47 Å². The van der Waals surface area contributed by atoms with E-state index in [1.165, 1.54) is 6.07 Å². The smallest absolute Gasteiger partial charge is 0.229 e. The second-order valence-corrected chi connectivity index (χ2v) is 7.72. The third-order valence-electron chi connectivity index (χ3n) is 1.86.